The molecule has 0 spiro atoms. The molecule has 1 saturated carbocycles. The summed E-state index contributed by atoms with van der Waals surface area (Å²) in [5.41, 5.74) is 3.46. The van der Waals surface area contributed by atoms with Gasteiger partial charge in [-0.25, -0.2) is 14.6 Å². The van der Waals surface area contributed by atoms with Crippen LogP contribution in [0.5, 0.6) is 0 Å². The third-order valence-electron chi connectivity index (χ3n) is 4.44. The van der Waals surface area contributed by atoms with Crippen molar-refractivity contribution in [1.29, 1.82) is 0 Å². The van der Waals surface area contributed by atoms with Crippen LogP contribution < -0.4 is 5.32 Å². The predicted octanol–water partition coefficient (Wildman–Crippen LogP) is 2.80. The van der Waals surface area contributed by atoms with Crippen LogP contribution in [0.4, 0.5) is 0 Å². The molecule has 1 aliphatic carbocycles. The fourth-order valence-corrected chi connectivity index (χ4v) is 3.87. The molecule has 0 bridgehead atoms. The second kappa shape index (κ2) is 6.08. The van der Waals surface area contributed by atoms with Crippen molar-refractivity contribution in [3.8, 4) is 0 Å². The number of carbonyl (C=O) groups excluding carboxylic acids is 1. The van der Waals surface area contributed by atoms with Crippen LogP contribution in [0, 0.1) is 0 Å². The Morgan fingerprint density at radius 1 is 1.26 bits per heavy atom. The number of benzene rings is 1. The van der Waals surface area contributed by atoms with Gasteiger partial charge in [0.2, 0.25) is 0 Å². The first-order chi connectivity index (χ1) is 11.3. The van der Waals surface area contributed by atoms with Gasteiger partial charge in [-0.05, 0) is 43.9 Å². The van der Waals surface area contributed by atoms with Crippen LogP contribution in [0.25, 0.3) is 10.2 Å². The maximum absolute atomic E-state index is 12.4. The van der Waals surface area contributed by atoms with Crippen LogP contribution in [-0.2, 0) is 0 Å². The van der Waals surface area contributed by atoms with Crippen LogP contribution in [0.1, 0.15) is 42.1 Å². The molecule has 0 saturated heterocycles. The van der Waals surface area contributed by atoms with E-state index >= 15 is 0 Å². The normalized spacial score (nSPS) is 21.4. The summed E-state index contributed by atoms with van der Waals surface area (Å²) in [4.78, 5) is 20.7. The molecular weight excluding hydrogens is 310 g/mol. The Labute approximate surface area is 137 Å². The van der Waals surface area contributed by atoms with Crippen molar-refractivity contribution in [3.63, 3.8) is 0 Å². The van der Waals surface area contributed by atoms with Gasteiger partial charge in [0.05, 0.1) is 21.8 Å². The first kappa shape index (κ1) is 14.3. The molecule has 2 heterocycles. The lowest BCUT2D eigenvalue weighted by Crippen LogP contribution is -2.38. The van der Waals surface area contributed by atoms with E-state index in [2.05, 4.69) is 20.4 Å². The van der Waals surface area contributed by atoms with E-state index in [1.807, 2.05) is 22.9 Å². The van der Waals surface area contributed by atoms with Crippen LogP contribution >= 0.6 is 11.3 Å². The largest absolute Gasteiger partial charge is 0.349 e. The van der Waals surface area contributed by atoms with Gasteiger partial charge in [0.15, 0.2) is 0 Å². The van der Waals surface area contributed by atoms with E-state index in [1.165, 1.54) is 0 Å². The van der Waals surface area contributed by atoms with E-state index < -0.39 is 0 Å². The van der Waals surface area contributed by atoms with E-state index in [-0.39, 0.29) is 11.9 Å². The smallest absolute Gasteiger partial charge is 0.251 e. The molecule has 7 heteroatoms. The Kier molecular flexibility index (Phi) is 3.78. The highest BCUT2D eigenvalue weighted by molar-refractivity contribution is 7.16. The Morgan fingerprint density at radius 2 is 2.13 bits per heavy atom. The summed E-state index contributed by atoms with van der Waals surface area (Å²) in [6, 6.07) is 6.31. The average Bonchev–Trinajstić information content (AvgIpc) is 3.26. The van der Waals surface area contributed by atoms with E-state index in [4.69, 9.17) is 0 Å². The topological polar surface area (TPSA) is 72.7 Å². The Balaban J connectivity index is 1.37. The van der Waals surface area contributed by atoms with Crippen LogP contribution in [0.15, 0.2) is 36.4 Å². The van der Waals surface area contributed by atoms with Gasteiger partial charge in [-0.1, -0.05) is 0 Å². The van der Waals surface area contributed by atoms with Crippen molar-refractivity contribution in [3.05, 3.63) is 41.9 Å². The number of nitrogens with one attached hydrogen (secondary N) is 1. The monoisotopic (exact) mass is 327 g/mol. The van der Waals surface area contributed by atoms with E-state index in [0.29, 0.717) is 11.6 Å². The molecule has 0 aliphatic heterocycles. The summed E-state index contributed by atoms with van der Waals surface area (Å²) < 4.78 is 2.98. The minimum absolute atomic E-state index is 0.00417. The number of thiazole rings is 1. The quantitative estimate of drug-likeness (QED) is 0.803. The number of rotatable bonds is 3. The number of amides is 1. The highest BCUT2D eigenvalue weighted by Gasteiger charge is 2.24. The second-order valence-corrected chi connectivity index (χ2v) is 6.78. The van der Waals surface area contributed by atoms with Crippen molar-refractivity contribution in [1.82, 2.24) is 25.1 Å². The SMILES string of the molecule is O=C(NC1CCC(n2cncn2)CC1)c1ccc2ncsc2c1. The van der Waals surface area contributed by atoms with Gasteiger partial charge < -0.3 is 5.32 Å². The van der Waals surface area contributed by atoms with Crippen molar-refractivity contribution in [2.24, 2.45) is 0 Å². The molecular formula is C16H17N5OS. The molecule has 2 aromatic heterocycles. The zero-order chi connectivity index (χ0) is 15.6. The number of nitrogens with zero attached hydrogens (tertiary/aromatic N) is 4. The first-order valence-electron chi connectivity index (χ1n) is 7.78. The van der Waals surface area contributed by atoms with Gasteiger partial charge in [-0.3, -0.25) is 4.79 Å². The summed E-state index contributed by atoms with van der Waals surface area (Å²) in [5, 5.41) is 7.37. The number of fused-ring (bicyclic) bond motifs is 1. The fraction of sp³-hybridized carbons (Fsp3) is 0.375. The maximum atomic E-state index is 12.4. The van der Waals surface area contributed by atoms with Gasteiger partial charge in [0.25, 0.3) is 5.91 Å². The highest BCUT2D eigenvalue weighted by Crippen LogP contribution is 2.28. The molecule has 6 nitrogen and oxygen atoms in total. The van der Waals surface area contributed by atoms with Crippen LogP contribution in [0.2, 0.25) is 0 Å². The molecule has 1 aliphatic rings. The minimum atomic E-state index is 0.00417. The molecule has 4 rings (SSSR count). The minimum Gasteiger partial charge on any atom is -0.349 e. The zero-order valence-corrected chi connectivity index (χ0v) is 13.4. The summed E-state index contributed by atoms with van der Waals surface area (Å²) in [6.07, 6.45) is 7.32. The Bertz CT molecular complexity index is 805. The maximum Gasteiger partial charge on any atom is 0.251 e. The average molecular weight is 327 g/mol. The molecule has 1 N–H and O–H groups in total. The number of hydrogen-bond donors (Lipinski definition) is 1. The van der Waals surface area contributed by atoms with Gasteiger partial charge in [-0.2, -0.15) is 5.10 Å². The zero-order valence-electron chi connectivity index (χ0n) is 12.6. The summed E-state index contributed by atoms with van der Waals surface area (Å²) >= 11 is 1.56. The van der Waals surface area contributed by atoms with Crippen molar-refractivity contribution >= 4 is 27.5 Å². The van der Waals surface area contributed by atoms with Crippen molar-refractivity contribution in [2.45, 2.75) is 37.8 Å². The highest BCUT2D eigenvalue weighted by atomic mass is 32.1. The standard InChI is InChI=1S/C16H17N5OS/c22-16(11-1-6-14-15(7-11)23-10-18-14)20-12-2-4-13(5-3-12)21-9-17-8-19-21/h1,6-10,12-13H,2-5H2,(H,20,22). The Morgan fingerprint density at radius 3 is 2.91 bits per heavy atom. The van der Waals surface area contributed by atoms with E-state index in [1.54, 1.807) is 29.5 Å². The number of hydrogen-bond acceptors (Lipinski definition) is 5. The van der Waals surface area contributed by atoms with Crippen molar-refractivity contribution < 1.29 is 4.79 Å². The summed E-state index contributed by atoms with van der Waals surface area (Å²) in [5.74, 6) is 0.00417. The molecule has 0 radical (unpaired) electrons. The van der Waals surface area contributed by atoms with Crippen LogP contribution in [-0.4, -0.2) is 31.7 Å². The lowest BCUT2D eigenvalue weighted by Gasteiger charge is -2.29. The predicted molar refractivity (Wildman–Crippen MR) is 88.4 cm³/mol. The lowest BCUT2D eigenvalue weighted by atomic mass is 9.91. The molecule has 23 heavy (non-hydrogen) atoms. The Hall–Kier alpha value is -2.28. The molecule has 0 atom stereocenters. The molecule has 118 valence electrons. The number of carbonyl (C=O) groups is 1. The summed E-state index contributed by atoms with van der Waals surface area (Å²) in [6.45, 7) is 0. The number of aromatic nitrogens is 4. The van der Waals surface area contributed by atoms with Crippen molar-refractivity contribution in [2.75, 3.05) is 0 Å². The first-order valence-corrected chi connectivity index (χ1v) is 8.66. The van der Waals surface area contributed by atoms with Gasteiger partial charge in [0, 0.05) is 11.6 Å². The molecule has 1 amide bonds. The fourth-order valence-electron chi connectivity index (χ4n) is 3.16. The molecule has 1 aromatic carbocycles. The molecule has 3 aromatic rings. The third-order valence-corrected chi connectivity index (χ3v) is 5.23. The third kappa shape index (κ3) is 2.96. The van der Waals surface area contributed by atoms with E-state index in [9.17, 15) is 4.79 Å². The van der Waals surface area contributed by atoms with Gasteiger partial charge in [0.1, 0.15) is 12.7 Å². The van der Waals surface area contributed by atoms with Gasteiger partial charge >= 0.3 is 0 Å². The lowest BCUT2D eigenvalue weighted by molar-refractivity contribution is 0.0922. The van der Waals surface area contributed by atoms with Crippen LogP contribution in [0.3, 0.4) is 0 Å². The second-order valence-electron chi connectivity index (χ2n) is 5.89. The molecule has 0 unspecified atom stereocenters. The molecule has 1 fully saturated rings. The van der Waals surface area contributed by atoms with E-state index in [0.717, 1.165) is 35.9 Å². The summed E-state index contributed by atoms with van der Waals surface area (Å²) in [7, 11) is 0. The van der Waals surface area contributed by atoms with Gasteiger partial charge in [-0.15, -0.1) is 11.3 Å².